The van der Waals surface area contributed by atoms with Gasteiger partial charge in [0.1, 0.15) is 34.5 Å². The highest BCUT2D eigenvalue weighted by Gasteiger charge is 2.52. The van der Waals surface area contributed by atoms with Crippen molar-refractivity contribution >= 4 is 97.4 Å². The summed E-state index contributed by atoms with van der Waals surface area (Å²) in [5.41, 5.74) is 20.9. The van der Waals surface area contributed by atoms with Crippen LogP contribution in [0.2, 0.25) is 0 Å². The third kappa shape index (κ3) is 7.23. The average molecular weight is 1020 g/mol. The van der Waals surface area contributed by atoms with Crippen molar-refractivity contribution in [2.75, 3.05) is 14.7 Å². The predicted molar refractivity (Wildman–Crippen MR) is 330 cm³/mol. The third-order valence-corrected chi connectivity index (χ3v) is 16.1. The van der Waals surface area contributed by atoms with Crippen molar-refractivity contribution in [3.8, 4) is 56.8 Å². The maximum Gasteiger partial charge on any atom is 0.257 e. The third-order valence-electron chi connectivity index (χ3n) is 16.1. The molecule has 0 radical (unpaired) electrons. The number of para-hydroxylation sites is 7. The molecule has 8 heteroatoms. The summed E-state index contributed by atoms with van der Waals surface area (Å²) < 4.78 is 21.1. The molecule has 6 nitrogen and oxygen atoms in total. The number of hydrogen-bond acceptors (Lipinski definition) is 6. The van der Waals surface area contributed by atoms with Crippen LogP contribution in [0.3, 0.4) is 0 Å². The zero-order valence-corrected chi connectivity index (χ0v) is 43.4. The largest absolute Gasteiger partial charge is 0.458 e. The van der Waals surface area contributed by atoms with Crippen LogP contribution in [-0.4, -0.2) is 13.4 Å². The lowest BCUT2D eigenvalue weighted by Crippen LogP contribution is -2.66. The van der Waals surface area contributed by atoms with E-state index in [4.69, 9.17) is 14.2 Å². The fourth-order valence-corrected chi connectivity index (χ4v) is 13.1. The van der Waals surface area contributed by atoms with Gasteiger partial charge in [-0.1, -0.05) is 188 Å². The molecular formula is C72H47B2N3O3. The Labute approximate surface area is 465 Å². The predicted octanol–water partition coefficient (Wildman–Crippen LogP) is 15.1. The van der Waals surface area contributed by atoms with E-state index in [9.17, 15) is 0 Å². The minimum Gasteiger partial charge on any atom is -0.458 e. The smallest absolute Gasteiger partial charge is 0.257 e. The standard InChI is InChI=1S/C72H47B2N3O3/c1-8-26-48(27-9-1)65-69-71(76(51-32-14-4-15-33-51)61-45-55(78-53-36-18-6-19-37-53)44-60-67(61)73(69)57-40-22-24-42-59(57)75(60)50-30-12-3-13-31-50)66(49-28-10-2-11-29-49)72-70(65)74-58-41-23-25-43-63(58)80-64-47-56(79-54-38-20-7-21-39-54)46-62(68(64)74)77(72)52-34-16-5-17-35-52/h1-47H. The Balaban J connectivity index is 1.13. The number of fused-ring (bicyclic) bond motifs is 8. The number of hydrogen-bond donors (Lipinski definition) is 0. The van der Waals surface area contributed by atoms with E-state index in [0.717, 1.165) is 108 Å². The normalized spacial score (nSPS) is 13.0. The molecule has 0 aromatic heterocycles. The lowest BCUT2D eigenvalue weighted by atomic mass is 9.28. The van der Waals surface area contributed by atoms with Gasteiger partial charge in [0, 0.05) is 69.6 Å². The van der Waals surface area contributed by atoms with Crippen molar-refractivity contribution in [3.63, 3.8) is 0 Å². The minimum absolute atomic E-state index is 0.275. The van der Waals surface area contributed by atoms with E-state index in [1.165, 1.54) is 27.4 Å². The van der Waals surface area contributed by atoms with E-state index in [1.54, 1.807) is 0 Å². The van der Waals surface area contributed by atoms with Crippen molar-refractivity contribution in [2.45, 2.75) is 0 Å². The van der Waals surface area contributed by atoms with Crippen LogP contribution in [0.1, 0.15) is 0 Å². The van der Waals surface area contributed by atoms with Crippen LogP contribution in [0.5, 0.6) is 34.5 Å². The van der Waals surface area contributed by atoms with Crippen molar-refractivity contribution in [1.82, 2.24) is 0 Å². The van der Waals surface area contributed by atoms with E-state index in [2.05, 4.69) is 239 Å². The summed E-state index contributed by atoms with van der Waals surface area (Å²) in [6.07, 6.45) is 0. The highest BCUT2D eigenvalue weighted by Crippen LogP contribution is 2.55. The Kier molecular flexibility index (Phi) is 10.7. The van der Waals surface area contributed by atoms with Gasteiger partial charge in [0.05, 0.1) is 11.4 Å². The zero-order valence-electron chi connectivity index (χ0n) is 43.4. The van der Waals surface area contributed by atoms with Crippen LogP contribution in [0, 0.1) is 0 Å². The molecule has 0 saturated carbocycles. The van der Waals surface area contributed by atoms with Crippen LogP contribution >= 0.6 is 0 Å². The summed E-state index contributed by atoms with van der Waals surface area (Å²) in [5, 5.41) is 0. The van der Waals surface area contributed by atoms with Gasteiger partial charge in [0.25, 0.3) is 13.4 Å². The molecular weight excluding hydrogens is 976 g/mol. The van der Waals surface area contributed by atoms with E-state index < -0.39 is 0 Å². The second kappa shape index (κ2) is 18.6. The van der Waals surface area contributed by atoms with E-state index in [0.29, 0.717) is 5.75 Å². The van der Waals surface area contributed by atoms with Gasteiger partial charge in [-0.05, 0) is 122 Å². The highest BCUT2D eigenvalue weighted by molar-refractivity contribution is 7.04. The molecule has 4 heterocycles. The van der Waals surface area contributed by atoms with Gasteiger partial charge in [-0.15, -0.1) is 0 Å². The molecule has 12 aromatic rings. The van der Waals surface area contributed by atoms with Crippen LogP contribution in [0.25, 0.3) is 22.3 Å². The molecule has 12 aromatic carbocycles. The van der Waals surface area contributed by atoms with Gasteiger partial charge < -0.3 is 28.9 Å². The molecule has 374 valence electrons. The van der Waals surface area contributed by atoms with Crippen molar-refractivity contribution in [1.29, 1.82) is 0 Å². The van der Waals surface area contributed by atoms with Crippen LogP contribution in [0.4, 0.5) is 51.2 Å². The summed E-state index contributed by atoms with van der Waals surface area (Å²) in [7, 11) is 0. The van der Waals surface area contributed by atoms with Gasteiger partial charge in [-0.25, -0.2) is 0 Å². The summed E-state index contributed by atoms with van der Waals surface area (Å²) in [6, 6.07) is 101. The summed E-state index contributed by atoms with van der Waals surface area (Å²) in [6.45, 7) is -0.566. The quantitative estimate of drug-likeness (QED) is 0.134. The molecule has 0 N–H and O–H groups in total. The molecule has 80 heavy (non-hydrogen) atoms. The van der Waals surface area contributed by atoms with Crippen LogP contribution in [-0.2, 0) is 0 Å². The van der Waals surface area contributed by atoms with Gasteiger partial charge in [0.15, 0.2) is 0 Å². The Morgan fingerprint density at radius 3 is 1.20 bits per heavy atom. The molecule has 4 aliphatic rings. The maximum absolute atomic E-state index is 7.19. The summed E-state index contributed by atoms with van der Waals surface area (Å²) in [4.78, 5) is 7.49. The SMILES string of the molecule is c1ccc(Oc2cc3c4c(c2)N(c2ccccc2)c2c(c(-c5ccccc5)c5c(c2-c2ccccc2)N(c2ccccc2)c2cc(Oc6ccccc6)cc6c2B5c2ccccc2N6c2ccccc2)B4c2ccccc2O3)cc1. The Hall–Kier alpha value is -10.4. The van der Waals surface area contributed by atoms with Crippen LogP contribution < -0.4 is 61.7 Å². The van der Waals surface area contributed by atoms with E-state index in [-0.39, 0.29) is 13.4 Å². The summed E-state index contributed by atoms with van der Waals surface area (Å²) in [5.74, 6) is 4.48. The van der Waals surface area contributed by atoms with Crippen LogP contribution in [0.15, 0.2) is 285 Å². The summed E-state index contributed by atoms with van der Waals surface area (Å²) >= 11 is 0. The van der Waals surface area contributed by atoms with Crippen molar-refractivity contribution < 1.29 is 14.2 Å². The fraction of sp³-hybridized carbons (Fsp3) is 0. The monoisotopic (exact) mass is 1020 g/mol. The molecule has 0 unspecified atom stereocenters. The number of benzene rings is 12. The first-order valence-corrected chi connectivity index (χ1v) is 27.3. The molecule has 0 amide bonds. The van der Waals surface area contributed by atoms with Gasteiger partial charge in [-0.3, -0.25) is 0 Å². The van der Waals surface area contributed by atoms with Gasteiger partial charge in [0.2, 0.25) is 0 Å². The number of nitrogens with zero attached hydrogens (tertiary/aromatic N) is 3. The molecule has 0 spiro atoms. The minimum atomic E-state index is -0.291. The van der Waals surface area contributed by atoms with Gasteiger partial charge in [-0.2, -0.15) is 0 Å². The Bertz CT molecular complexity index is 4350. The fourth-order valence-electron chi connectivity index (χ4n) is 13.1. The highest BCUT2D eigenvalue weighted by atomic mass is 16.5. The van der Waals surface area contributed by atoms with E-state index in [1.807, 2.05) is 60.7 Å². The molecule has 16 rings (SSSR count). The lowest BCUT2D eigenvalue weighted by molar-refractivity contribution is 0.463. The van der Waals surface area contributed by atoms with Crippen molar-refractivity contribution in [2.24, 2.45) is 0 Å². The Morgan fingerprint density at radius 2 is 0.662 bits per heavy atom. The number of rotatable bonds is 9. The van der Waals surface area contributed by atoms with Gasteiger partial charge >= 0.3 is 0 Å². The molecule has 4 aliphatic heterocycles. The van der Waals surface area contributed by atoms with E-state index >= 15 is 0 Å². The molecule has 0 fully saturated rings. The molecule has 0 aliphatic carbocycles. The molecule has 0 atom stereocenters. The molecule has 0 bridgehead atoms. The first kappa shape index (κ1) is 45.7. The zero-order chi connectivity index (χ0) is 52.7. The topological polar surface area (TPSA) is 37.4 Å². The number of anilines is 9. The van der Waals surface area contributed by atoms with Crippen molar-refractivity contribution in [3.05, 3.63) is 285 Å². The first-order valence-electron chi connectivity index (χ1n) is 27.3. The lowest BCUT2D eigenvalue weighted by Gasteiger charge is -2.49. The number of ether oxygens (including phenoxy) is 3. The second-order valence-corrected chi connectivity index (χ2v) is 20.6. The first-order chi connectivity index (χ1) is 39.7. The second-order valence-electron chi connectivity index (χ2n) is 20.6. The Morgan fingerprint density at radius 1 is 0.275 bits per heavy atom. The average Bonchev–Trinajstić information content (AvgIpc) is 1.84. The molecule has 0 saturated heterocycles. The maximum atomic E-state index is 7.19.